The molecule has 8 heteroatoms. The Balaban J connectivity index is 1.25. The van der Waals surface area contributed by atoms with E-state index in [0.717, 1.165) is 42.5 Å². The van der Waals surface area contributed by atoms with Crippen LogP contribution in [-0.2, 0) is 29.0 Å². The summed E-state index contributed by atoms with van der Waals surface area (Å²) in [6, 6.07) is 16.0. The monoisotopic (exact) mass is 512 g/mol. The second-order valence-electron chi connectivity index (χ2n) is 11.2. The van der Waals surface area contributed by atoms with E-state index >= 15 is 0 Å². The lowest BCUT2D eigenvalue weighted by Gasteiger charge is -2.42. The number of rotatable bonds is 2. The third-order valence-electron chi connectivity index (χ3n) is 8.36. The zero-order valence-electron chi connectivity index (χ0n) is 22.2. The molecule has 6 rings (SSSR count). The maximum atomic E-state index is 13.6. The van der Waals surface area contributed by atoms with Crippen LogP contribution in [0.3, 0.4) is 0 Å². The number of carbonyl (C=O) groups is 2. The molecule has 1 saturated heterocycles. The molecule has 2 N–H and O–H groups in total. The number of aromatic nitrogens is 2. The molecule has 3 heterocycles. The van der Waals surface area contributed by atoms with Gasteiger partial charge in [-0.25, -0.2) is 9.97 Å². The summed E-state index contributed by atoms with van der Waals surface area (Å²) in [6.07, 6.45) is 2.66. The fourth-order valence-electron chi connectivity index (χ4n) is 6.16. The van der Waals surface area contributed by atoms with E-state index in [9.17, 15) is 9.59 Å². The smallest absolute Gasteiger partial charge is 0.242 e. The summed E-state index contributed by atoms with van der Waals surface area (Å²) < 4.78 is 0. The Labute approximate surface area is 223 Å². The highest BCUT2D eigenvalue weighted by atomic mass is 16.2. The maximum absolute atomic E-state index is 13.6. The molecule has 1 fully saturated rings. The molecular weight excluding hydrogens is 476 g/mol. The third kappa shape index (κ3) is 4.85. The second kappa shape index (κ2) is 10.3. The van der Waals surface area contributed by atoms with Crippen LogP contribution in [0.15, 0.2) is 48.5 Å². The van der Waals surface area contributed by atoms with Crippen LogP contribution in [0.1, 0.15) is 37.2 Å². The number of para-hydroxylation sites is 1. The van der Waals surface area contributed by atoms with Crippen LogP contribution >= 0.6 is 0 Å². The van der Waals surface area contributed by atoms with Gasteiger partial charge < -0.3 is 15.5 Å². The number of piperazine rings is 1. The molecule has 2 aliphatic heterocycles. The topological polar surface area (TPSA) is 90.5 Å². The van der Waals surface area contributed by atoms with Gasteiger partial charge in [-0.1, -0.05) is 50.2 Å². The fourth-order valence-corrected chi connectivity index (χ4v) is 6.16. The number of hydrogen-bond donors (Lipinski definition) is 2. The first kappa shape index (κ1) is 24.8. The quantitative estimate of drug-likeness (QED) is 0.549. The van der Waals surface area contributed by atoms with Crippen LogP contribution in [0.2, 0.25) is 0 Å². The average Bonchev–Trinajstić information content (AvgIpc) is 2.95. The first-order valence-corrected chi connectivity index (χ1v) is 13.9. The highest BCUT2D eigenvalue weighted by Crippen LogP contribution is 2.28. The van der Waals surface area contributed by atoms with Gasteiger partial charge >= 0.3 is 0 Å². The third-order valence-corrected chi connectivity index (χ3v) is 8.36. The van der Waals surface area contributed by atoms with Gasteiger partial charge in [0.15, 0.2) is 0 Å². The van der Waals surface area contributed by atoms with E-state index in [-0.39, 0.29) is 29.7 Å². The molecule has 3 aliphatic rings. The summed E-state index contributed by atoms with van der Waals surface area (Å²) in [5, 5.41) is 7.52. The largest absolute Gasteiger partial charge is 0.358 e. The summed E-state index contributed by atoms with van der Waals surface area (Å²) in [7, 11) is 0. The molecule has 38 heavy (non-hydrogen) atoms. The Morgan fingerprint density at radius 3 is 2.66 bits per heavy atom. The predicted molar refractivity (Wildman–Crippen MR) is 148 cm³/mol. The van der Waals surface area contributed by atoms with E-state index in [2.05, 4.69) is 39.8 Å². The summed E-state index contributed by atoms with van der Waals surface area (Å²) in [5.74, 6) is 1.72. The Bertz CT molecular complexity index is 1360. The molecule has 1 aromatic heterocycles. The minimum atomic E-state index is -0.420. The standard InChI is InChI=1S/C30H36N6O2/c1-19(2)27-29(37)31-16-23-17-36(30(38)22-12-11-20-7-3-4-8-21(20)15-22)14-13-35(23)18-26-32-25-10-6-5-9-24(25)28(33-26)34-27/h3-10,19,22-23,27H,11-18H2,1-2H3,(H,31,37)(H,32,33,34)/t22?,23?,27-/m0/s1. The molecule has 3 atom stereocenters. The minimum Gasteiger partial charge on any atom is -0.358 e. The van der Waals surface area contributed by atoms with Gasteiger partial charge in [-0.05, 0) is 48.4 Å². The van der Waals surface area contributed by atoms with Crippen LogP contribution < -0.4 is 10.6 Å². The van der Waals surface area contributed by atoms with Crippen molar-refractivity contribution in [2.45, 2.75) is 51.7 Å². The molecule has 0 radical (unpaired) electrons. The lowest BCUT2D eigenvalue weighted by atomic mass is 9.83. The van der Waals surface area contributed by atoms with Crippen molar-refractivity contribution in [3.63, 3.8) is 0 Å². The summed E-state index contributed by atoms with van der Waals surface area (Å²) in [5.41, 5.74) is 3.54. The van der Waals surface area contributed by atoms with E-state index in [0.29, 0.717) is 32.0 Å². The zero-order valence-corrected chi connectivity index (χ0v) is 22.2. The van der Waals surface area contributed by atoms with Gasteiger partial charge in [0, 0.05) is 43.5 Å². The molecule has 2 aromatic carbocycles. The molecule has 2 unspecified atom stereocenters. The van der Waals surface area contributed by atoms with E-state index in [1.807, 2.05) is 43.0 Å². The number of carbonyl (C=O) groups excluding carboxylic acids is 2. The van der Waals surface area contributed by atoms with Gasteiger partial charge in [-0.3, -0.25) is 14.5 Å². The Kier molecular flexibility index (Phi) is 6.74. The van der Waals surface area contributed by atoms with Crippen molar-refractivity contribution in [3.05, 3.63) is 65.5 Å². The number of hydrogen-bond acceptors (Lipinski definition) is 6. The van der Waals surface area contributed by atoms with E-state index in [4.69, 9.17) is 9.97 Å². The summed E-state index contributed by atoms with van der Waals surface area (Å²) in [4.78, 5) is 41.1. The molecule has 2 bridgehead atoms. The number of amides is 2. The Hall–Kier alpha value is -3.52. The van der Waals surface area contributed by atoms with E-state index < -0.39 is 6.04 Å². The number of fused-ring (bicyclic) bond motifs is 6. The number of anilines is 1. The normalized spacial score (nSPS) is 24.1. The first-order valence-electron chi connectivity index (χ1n) is 13.9. The van der Waals surface area contributed by atoms with Gasteiger partial charge in [0.2, 0.25) is 11.8 Å². The van der Waals surface area contributed by atoms with Crippen molar-refractivity contribution in [2.75, 3.05) is 31.5 Å². The average molecular weight is 513 g/mol. The lowest BCUT2D eigenvalue weighted by Crippen LogP contribution is -2.59. The van der Waals surface area contributed by atoms with Crippen molar-refractivity contribution < 1.29 is 9.59 Å². The highest BCUT2D eigenvalue weighted by Gasteiger charge is 2.35. The van der Waals surface area contributed by atoms with Gasteiger partial charge in [-0.2, -0.15) is 0 Å². The van der Waals surface area contributed by atoms with Crippen molar-refractivity contribution >= 4 is 28.5 Å². The van der Waals surface area contributed by atoms with Crippen molar-refractivity contribution in [1.29, 1.82) is 0 Å². The molecule has 0 saturated carbocycles. The summed E-state index contributed by atoms with van der Waals surface area (Å²) in [6.45, 7) is 7.13. The van der Waals surface area contributed by atoms with Crippen molar-refractivity contribution in [2.24, 2.45) is 11.8 Å². The Morgan fingerprint density at radius 2 is 1.82 bits per heavy atom. The SMILES string of the molecule is CC(C)[C@@H]1Nc2nc(nc3ccccc23)CN2CCN(C(=O)C3CCc4ccccc4C3)CC2CNC1=O. The molecule has 8 nitrogen and oxygen atoms in total. The van der Waals surface area contributed by atoms with E-state index in [1.165, 1.54) is 11.1 Å². The lowest BCUT2D eigenvalue weighted by molar-refractivity contribution is -0.139. The first-order chi connectivity index (χ1) is 18.5. The van der Waals surface area contributed by atoms with E-state index in [1.54, 1.807) is 0 Å². The number of aryl methyl sites for hydroxylation is 1. The van der Waals surface area contributed by atoms with Gasteiger partial charge in [0.05, 0.1) is 12.1 Å². The van der Waals surface area contributed by atoms with Crippen LogP contribution in [0, 0.1) is 11.8 Å². The highest BCUT2D eigenvalue weighted by molar-refractivity contribution is 5.92. The van der Waals surface area contributed by atoms with Crippen LogP contribution in [0.4, 0.5) is 5.82 Å². The summed E-state index contributed by atoms with van der Waals surface area (Å²) >= 11 is 0. The fraction of sp³-hybridized carbons (Fsp3) is 0.467. The number of nitrogens with zero attached hydrogens (tertiary/aromatic N) is 4. The number of nitrogens with one attached hydrogen (secondary N) is 2. The molecule has 0 spiro atoms. The number of benzene rings is 2. The van der Waals surface area contributed by atoms with Crippen LogP contribution in [0.25, 0.3) is 10.9 Å². The molecule has 1 aliphatic carbocycles. The molecule has 198 valence electrons. The minimum absolute atomic E-state index is 0.00282. The van der Waals surface area contributed by atoms with Crippen LogP contribution in [0.5, 0.6) is 0 Å². The molecular formula is C30H36N6O2. The molecule has 2 amide bonds. The zero-order chi connectivity index (χ0) is 26.2. The van der Waals surface area contributed by atoms with Crippen molar-refractivity contribution in [3.8, 4) is 0 Å². The van der Waals surface area contributed by atoms with Gasteiger partial charge in [0.25, 0.3) is 0 Å². The predicted octanol–water partition coefficient (Wildman–Crippen LogP) is 3.01. The Morgan fingerprint density at radius 1 is 1.03 bits per heavy atom. The molecule has 3 aromatic rings. The maximum Gasteiger partial charge on any atom is 0.242 e. The van der Waals surface area contributed by atoms with Crippen LogP contribution in [-0.4, -0.2) is 69.8 Å². The van der Waals surface area contributed by atoms with Gasteiger partial charge in [0.1, 0.15) is 17.7 Å². The van der Waals surface area contributed by atoms with Crippen molar-refractivity contribution in [1.82, 2.24) is 25.1 Å². The van der Waals surface area contributed by atoms with Gasteiger partial charge in [-0.15, -0.1) is 0 Å². The second-order valence-corrected chi connectivity index (χ2v) is 11.2.